The summed E-state index contributed by atoms with van der Waals surface area (Å²) < 4.78 is 45.7. The normalized spacial score (nSPS) is 15.5. The van der Waals surface area contributed by atoms with Gasteiger partial charge in [0, 0.05) is 0 Å². The van der Waals surface area contributed by atoms with Crippen LogP contribution >= 0.6 is 7.60 Å². The lowest BCUT2D eigenvalue weighted by molar-refractivity contribution is -0.139. The van der Waals surface area contributed by atoms with Crippen LogP contribution in [0.25, 0.3) is 0 Å². The zero-order chi connectivity index (χ0) is 10.7. The van der Waals surface area contributed by atoms with E-state index in [0.29, 0.717) is 0 Å². The molecule has 2 N–H and O–H groups in total. The quantitative estimate of drug-likeness (QED) is 0.559. The summed E-state index contributed by atoms with van der Waals surface area (Å²) in [4.78, 5) is 16.8. The molecule has 0 heterocycles. The highest BCUT2D eigenvalue weighted by molar-refractivity contribution is 7.51. The van der Waals surface area contributed by atoms with Crippen LogP contribution in [0.2, 0.25) is 0 Å². The van der Waals surface area contributed by atoms with E-state index in [1.54, 1.807) is 0 Å². The Balaban J connectivity index is 4.22. The summed E-state index contributed by atoms with van der Waals surface area (Å²) in [5, 5.41) is 0. The minimum Gasteiger partial charge on any atom is -0.324 e. The number of allylic oxidation sites excluding steroid dienone is 1. The van der Waals surface area contributed by atoms with E-state index in [4.69, 9.17) is 9.79 Å². The fraction of sp³-hybridized carbons (Fsp3) is 0.667. The van der Waals surface area contributed by atoms with Gasteiger partial charge in [-0.15, -0.1) is 6.58 Å². The molecule has 0 bridgehead atoms. The van der Waals surface area contributed by atoms with Crippen molar-refractivity contribution in [3.63, 3.8) is 0 Å². The molecule has 78 valence electrons. The van der Waals surface area contributed by atoms with Crippen molar-refractivity contribution >= 4 is 7.60 Å². The number of alkyl halides is 3. The van der Waals surface area contributed by atoms with E-state index in [-0.39, 0.29) is 0 Å². The third kappa shape index (κ3) is 8.02. The van der Waals surface area contributed by atoms with Crippen LogP contribution in [-0.4, -0.2) is 22.1 Å². The second-order valence-corrected chi connectivity index (χ2v) is 4.36. The number of rotatable bonds is 4. The van der Waals surface area contributed by atoms with Crippen LogP contribution in [0.5, 0.6) is 0 Å². The van der Waals surface area contributed by atoms with Gasteiger partial charge >= 0.3 is 13.8 Å². The standard InChI is InChI=1S/C6H10F3O3P/c1-2-5(3-6(7,8)9)4-13(10,11)12/h2,5H,1,3-4H2,(H2,10,11,12). The maximum absolute atomic E-state index is 11.8. The Bertz CT molecular complexity index is 220. The Morgan fingerprint density at radius 3 is 2.15 bits per heavy atom. The summed E-state index contributed by atoms with van der Waals surface area (Å²) in [6.07, 6.45) is -5.57. The van der Waals surface area contributed by atoms with Crippen molar-refractivity contribution in [2.24, 2.45) is 5.92 Å². The summed E-state index contributed by atoms with van der Waals surface area (Å²) >= 11 is 0. The van der Waals surface area contributed by atoms with E-state index in [1.807, 2.05) is 0 Å². The van der Waals surface area contributed by atoms with Crippen LogP contribution in [0.4, 0.5) is 13.2 Å². The third-order valence-electron chi connectivity index (χ3n) is 1.30. The van der Waals surface area contributed by atoms with Crippen molar-refractivity contribution < 1.29 is 27.5 Å². The fourth-order valence-corrected chi connectivity index (χ4v) is 1.71. The van der Waals surface area contributed by atoms with E-state index < -0.39 is 32.3 Å². The van der Waals surface area contributed by atoms with Gasteiger partial charge in [0.15, 0.2) is 0 Å². The number of halogens is 3. The van der Waals surface area contributed by atoms with Crippen molar-refractivity contribution in [1.82, 2.24) is 0 Å². The first-order chi connectivity index (χ1) is 5.64. The predicted octanol–water partition coefficient (Wildman–Crippen LogP) is 1.92. The monoisotopic (exact) mass is 218 g/mol. The number of hydrogen-bond donors (Lipinski definition) is 2. The molecule has 0 aromatic carbocycles. The molecule has 0 saturated heterocycles. The van der Waals surface area contributed by atoms with Gasteiger partial charge in [0.2, 0.25) is 0 Å². The fourth-order valence-electron chi connectivity index (χ4n) is 0.825. The van der Waals surface area contributed by atoms with E-state index in [9.17, 15) is 17.7 Å². The molecular weight excluding hydrogens is 208 g/mol. The van der Waals surface area contributed by atoms with Gasteiger partial charge in [-0.2, -0.15) is 13.2 Å². The minimum atomic E-state index is -4.42. The zero-order valence-electron chi connectivity index (χ0n) is 6.66. The van der Waals surface area contributed by atoms with Crippen LogP contribution in [0.1, 0.15) is 6.42 Å². The lowest BCUT2D eigenvalue weighted by atomic mass is 10.1. The van der Waals surface area contributed by atoms with Gasteiger partial charge in [0.25, 0.3) is 0 Å². The molecule has 0 aliphatic heterocycles. The van der Waals surface area contributed by atoms with Gasteiger partial charge in [0.05, 0.1) is 12.6 Å². The molecule has 0 aromatic heterocycles. The molecule has 1 unspecified atom stereocenters. The highest BCUT2D eigenvalue weighted by Gasteiger charge is 2.33. The van der Waals surface area contributed by atoms with Crippen molar-refractivity contribution in [2.75, 3.05) is 6.16 Å². The van der Waals surface area contributed by atoms with Gasteiger partial charge in [-0.1, -0.05) is 6.08 Å². The largest absolute Gasteiger partial charge is 0.389 e. The second kappa shape index (κ2) is 4.26. The van der Waals surface area contributed by atoms with E-state index in [2.05, 4.69) is 6.58 Å². The zero-order valence-corrected chi connectivity index (χ0v) is 7.55. The Morgan fingerprint density at radius 1 is 1.46 bits per heavy atom. The Kier molecular flexibility index (Phi) is 4.16. The number of hydrogen-bond acceptors (Lipinski definition) is 1. The molecule has 0 fully saturated rings. The van der Waals surface area contributed by atoms with E-state index in [1.165, 1.54) is 0 Å². The first kappa shape index (κ1) is 12.7. The molecule has 0 rings (SSSR count). The molecule has 0 saturated carbocycles. The second-order valence-electron chi connectivity index (χ2n) is 2.66. The molecule has 1 atom stereocenters. The summed E-state index contributed by atoms with van der Waals surface area (Å²) in [6.45, 7) is 3.09. The molecule has 0 radical (unpaired) electrons. The maximum Gasteiger partial charge on any atom is 0.389 e. The predicted molar refractivity (Wildman–Crippen MR) is 41.3 cm³/mol. The Morgan fingerprint density at radius 2 is 1.92 bits per heavy atom. The smallest absolute Gasteiger partial charge is 0.324 e. The van der Waals surface area contributed by atoms with Gasteiger partial charge in [-0.25, -0.2) is 0 Å². The molecule has 0 aromatic rings. The van der Waals surface area contributed by atoms with Gasteiger partial charge in [-0.05, 0) is 5.92 Å². The Labute approximate surface area is 73.4 Å². The average Bonchev–Trinajstić information content (AvgIpc) is 1.79. The van der Waals surface area contributed by atoms with E-state index in [0.717, 1.165) is 6.08 Å². The topological polar surface area (TPSA) is 57.5 Å². The minimum absolute atomic E-state index is 0.810. The van der Waals surface area contributed by atoms with Gasteiger partial charge < -0.3 is 9.79 Å². The molecule has 13 heavy (non-hydrogen) atoms. The average molecular weight is 218 g/mol. The first-order valence-corrected chi connectivity index (χ1v) is 5.17. The summed E-state index contributed by atoms with van der Waals surface area (Å²) in [5.74, 6) is -1.22. The SMILES string of the molecule is C=CC(CC(F)(F)F)CP(=O)(O)O. The van der Waals surface area contributed by atoms with Crippen molar-refractivity contribution in [3.05, 3.63) is 12.7 Å². The molecule has 0 aliphatic carbocycles. The first-order valence-electron chi connectivity index (χ1n) is 3.38. The van der Waals surface area contributed by atoms with Crippen LogP contribution in [0, 0.1) is 5.92 Å². The van der Waals surface area contributed by atoms with Crippen LogP contribution < -0.4 is 0 Å². The molecular formula is C6H10F3O3P. The van der Waals surface area contributed by atoms with Gasteiger partial charge in [-0.3, -0.25) is 4.57 Å². The molecule has 7 heteroatoms. The molecule has 0 amide bonds. The van der Waals surface area contributed by atoms with E-state index >= 15 is 0 Å². The highest BCUT2D eigenvalue weighted by atomic mass is 31.2. The van der Waals surface area contributed by atoms with Crippen LogP contribution in [0.15, 0.2) is 12.7 Å². The lowest BCUT2D eigenvalue weighted by Gasteiger charge is -2.14. The highest BCUT2D eigenvalue weighted by Crippen LogP contribution is 2.40. The third-order valence-corrected chi connectivity index (χ3v) is 2.24. The van der Waals surface area contributed by atoms with Crippen molar-refractivity contribution in [1.29, 1.82) is 0 Å². The lowest BCUT2D eigenvalue weighted by Crippen LogP contribution is -2.16. The van der Waals surface area contributed by atoms with Crippen molar-refractivity contribution in [3.8, 4) is 0 Å². The maximum atomic E-state index is 11.8. The Hall–Kier alpha value is -0.320. The summed E-state index contributed by atoms with van der Waals surface area (Å²) in [7, 11) is -4.40. The summed E-state index contributed by atoms with van der Waals surface area (Å²) in [5.41, 5.74) is 0. The summed E-state index contributed by atoms with van der Waals surface area (Å²) in [6, 6.07) is 0. The van der Waals surface area contributed by atoms with Gasteiger partial charge in [0.1, 0.15) is 0 Å². The van der Waals surface area contributed by atoms with Crippen LogP contribution in [0.3, 0.4) is 0 Å². The van der Waals surface area contributed by atoms with Crippen LogP contribution in [-0.2, 0) is 4.57 Å². The molecule has 3 nitrogen and oxygen atoms in total. The van der Waals surface area contributed by atoms with Crippen molar-refractivity contribution in [2.45, 2.75) is 12.6 Å². The molecule has 0 aliphatic rings. The molecule has 0 spiro atoms.